The van der Waals surface area contributed by atoms with Gasteiger partial charge in [0.1, 0.15) is 12.3 Å². The minimum atomic E-state index is -3.85. The molecule has 0 aromatic carbocycles. The average Bonchev–Trinajstić information content (AvgIpc) is 3.14. The number of aryl methyl sites for hydroxylation is 1. The normalized spacial score (nSPS) is 15.5. The molecule has 1 N–H and O–H groups in total. The summed E-state index contributed by atoms with van der Waals surface area (Å²) in [6.45, 7) is 2.86. The third kappa shape index (κ3) is 6.52. The monoisotopic (exact) mass is 391 g/mol. The molecule has 1 aliphatic rings. The third-order valence-electron chi connectivity index (χ3n) is 4.71. The molecule has 0 saturated carbocycles. The number of pyridine rings is 1. The van der Waals surface area contributed by atoms with E-state index in [9.17, 15) is 8.42 Å². The van der Waals surface area contributed by atoms with Gasteiger partial charge in [-0.15, -0.1) is 0 Å². The molecule has 1 aliphatic heterocycles. The minimum absolute atomic E-state index is 0.184. The van der Waals surface area contributed by atoms with Gasteiger partial charge in [0.05, 0.1) is 5.75 Å². The van der Waals surface area contributed by atoms with Crippen molar-refractivity contribution in [2.24, 2.45) is 0 Å². The molecule has 1 saturated heterocycles. The molecular weight excluding hydrogens is 364 g/mol. The maximum absolute atomic E-state index is 10.7. The van der Waals surface area contributed by atoms with E-state index in [-0.39, 0.29) is 5.75 Å². The molecular formula is C20H27N2O4S+. The molecule has 0 radical (unpaired) electrons. The predicted octanol–water partition coefficient (Wildman–Crippen LogP) is 3.40. The Kier molecular flexibility index (Phi) is 6.68. The van der Waals surface area contributed by atoms with Crippen molar-refractivity contribution in [3.05, 3.63) is 48.0 Å². The van der Waals surface area contributed by atoms with Gasteiger partial charge >= 0.3 is 0 Å². The smallest absolute Gasteiger partial charge is 0.264 e. The lowest BCUT2D eigenvalue weighted by Crippen LogP contribution is -2.32. The van der Waals surface area contributed by atoms with Crippen LogP contribution in [0.3, 0.4) is 0 Å². The van der Waals surface area contributed by atoms with Crippen molar-refractivity contribution >= 4 is 28.2 Å². The van der Waals surface area contributed by atoms with Crippen LogP contribution in [0.2, 0.25) is 0 Å². The third-order valence-corrected chi connectivity index (χ3v) is 5.51. The van der Waals surface area contributed by atoms with Crippen LogP contribution in [0.5, 0.6) is 0 Å². The Bertz CT molecular complexity index is 850. The van der Waals surface area contributed by atoms with Crippen LogP contribution in [-0.4, -0.2) is 31.8 Å². The van der Waals surface area contributed by atoms with Gasteiger partial charge in [0.2, 0.25) is 0 Å². The first-order valence-corrected chi connectivity index (χ1v) is 11.1. The van der Waals surface area contributed by atoms with Crippen molar-refractivity contribution in [2.45, 2.75) is 38.6 Å². The Labute approximate surface area is 160 Å². The maximum Gasteiger partial charge on any atom is 0.264 e. The molecule has 3 heterocycles. The molecule has 0 aliphatic carbocycles. The summed E-state index contributed by atoms with van der Waals surface area (Å²) in [5, 5.41) is 0. The van der Waals surface area contributed by atoms with Gasteiger partial charge in [-0.25, -0.2) is 4.57 Å². The second kappa shape index (κ2) is 9.19. The summed E-state index contributed by atoms with van der Waals surface area (Å²) in [5.74, 6) is 1.61. The van der Waals surface area contributed by atoms with E-state index < -0.39 is 10.1 Å². The highest BCUT2D eigenvalue weighted by Crippen LogP contribution is 2.23. The number of unbranched alkanes of at least 4 members (excludes halogenated alkanes) is 1. The zero-order valence-electron chi connectivity index (χ0n) is 15.5. The fourth-order valence-electron chi connectivity index (χ4n) is 3.20. The van der Waals surface area contributed by atoms with Crippen LogP contribution in [0.1, 0.15) is 43.4 Å². The van der Waals surface area contributed by atoms with Crippen LogP contribution in [0.15, 0.2) is 41.1 Å². The second-order valence-electron chi connectivity index (χ2n) is 6.92. The SMILES string of the molecule is O=S(=O)(O)CCCC[n+]1ccc(/C=C/c2ccc(N3CCCCC3)o2)cc1. The van der Waals surface area contributed by atoms with Gasteiger partial charge in [-0.3, -0.25) is 4.55 Å². The summed E-state index contributed by atoms with van der Waals surface area (Å²) in [6.07, 6.45) is 12.8. The fourth-order valence-corrected chi connectivity index (χ4v) is 3.77. The Morgan fingerprint density at radius 1 is 1.04 bits per heavy atom. The van der Waals surface area contributed by atoms with Gasteiger partial charge in [-0.1, -0.05) is 6.08 Å². The fraction of sp³-hybridized carbons (Fsp3) is 0.450. The van der Waals surface area contributed by atoms with Gasteiger partial charge in [0.15, 0.2) is 18.3 Å². The molecule has 2 aromatic rings. The topological polar surface area (TPSA) is 74.6 Å². The summed E-state index contributed by atoms with van der Waals surface area (Å²) in [7, 11) is -3.85. The lowest BCUT2D eigenvalue weighted by Gasteiger charge is -2.25. The van der Waals surface area contributed by atoms with Gasteiger partial charge in [0.25, 0.3) is 10.1 Å². The Morgan fingerprint density at radius 3 is 2.48 bits per heavy atom. The molecule has 1 fully saturated rings. The molecule has 27 heavy (non-hydrogen) atoms. The minimum Gasteiger partial charge on any atom is -0.441 e. The molecule has 0 spiro atoms. The lowest BCUT2D eigenvalue weighted by molar-refractivity contribution is -0.697. The molecule has 0 amide bonds. The molecule has 0 bridgehead atoms. The molecule has 3 rings (SSSR count). The van der Waals surface area contributed by atoms with E-state index in [1.165, 1.54) is 19.3 Å². The number of hydrogen-bond donors (Lipinski definition) is 1. The van der Waals surface area contributed by atoms with E-state index in [1.807, 2.05) is 53.4 Å². The van der Waals surface area contributed by atoms with Crippen molar-refractivity contribution in [3.63, 3.8) is 0 Å². The quantitative estimate of drug-likeness (QED) is 0.424. The summed E-state index contributed by atoms with van der Waals surface area (Å²) in [4.78, 5) is 2.30. The highest BCUT2D eigenvalue weighted by Gasteiger charge is 2.13. The van der Waals surface area contributed by atoms with Crippen LogP contribution in [0, 0.1) is 0 Å². The van der Waals surface area contributed by atoms with Gasteiger partial charge in [0, 0.05) is 37.7 Å². The lowest BCUT2D eigenvalue weighted by atomic mass is 10.1. The number of nitrogens with zero attached hydrogens (tertiary/aromatic N) is 2. The van der Waals surface area contributed by atoms with Crippen molar-refractivity contribution in [3.8, 4) is 0 Å². The zero-order valence-corrected chi connectivity index (χ0v) is 16.3. The molecule has 0 atom stereocenters. The van der Waals surface area contributed by atoms with E-state index in [0.717, 1.165) is 36.8 Å². The number of anilines is 1. The predicted molar refractivity (Wildman–Crippen MR) is 106 cm³/mol. The van der Waals surface area contributed by atoms with E-state index in [1.54, 1.807) is 0 Å². The average molecular weight is 392 g/mol. The van der Waals surface area contributed by atoms with Gasteiger partial charge < -0.3 is 9.32 Å². The highest BCUT2D eigenvalue weighted by molar-refractivity contribution is 7.85. The van der Waals surface area contributed by atoms with Crippen LogP contribution < -0.4 is 9.47 Å². The number of furan rings is 1. The van der Waals surface area contributed by atoms with Crippen LogP contribution in [0.4, 0.5) is 5.88 Å². The zero-order chi connectivity index (χ0) is 19.1. The molecule has 7 heteroatoms. The molecule has 6 nitrogen and oxygen atoms in total. The van der Waals surface area contributed by atoms with Crippen LogP contribution in [0.25, 0.3) is 12.2 Å². The van der Waals surface area contributed by atoms with E-state index in [4.69, 9.17) is 8.97 Å². The first kappa shape index (κ1) is 19.6. The first-order chi connectivity index (χ1) is 13.0. The first-order valence-electron chi connectivity index (χ1n) is 9.47. The maximum atomic E-state index is 10.7. The van der Waals surface area contributed by atoms with E-state index >= 15 is 0 Å². The van der Waals surface area contributed by atoms with E-state index in [0.29, 0.717) is 12.8 Å². The summed E-state index contributed by atoms with van der Waals surface area (Å²) in [6, 6.07) is 8.05. The summed E-state index contributed by atoms with van der Waals surface area (Å²) < 4.78 is 38.1. The van der Waals surface area contributed by atoms with Crippen molar-refractivity contribution in [2.75, 3.05) is 23.7 Å². The number of piperidine rings is 1. The van der Waals surface area contributed by atoms with Crippen LogP contribution in [-0.2, 0) is 16.7 Å². The highest BCUT2D eigenvalue weighted by atomic mass is 32.2. The second-order valence-corrected chi connectivity index (χ2v) is 8.49. The number of rotatable bonds is 8. The van der Waals surface area contributed by atoms with Crippen molar-refractivity contribution in [1.82, 2.24) is 0 Å². The Hall–Kier alpha value is -2.12. The largest absolute Gasteiger partial charge is 0.441 e. The molecule has 0 unspecified atom stereocenters. The van der Waals surface area contributed by atoms with Crippen molar-refractivity contribution < 1.29 is 22.0 Å². The Morgan fingerprint density at radius 2 is 1.78 bits per heavy atom. The molecule has 2 aromatic heterocycles. The van der Waals surface area contributed by atoms with Gasteiger partial charge in [-0.05, 0) is 43.4 Å². The summed E-state index contributed by atoms with van der Waals surface area (Å²) >= 11 is 0. The summed E-state index contributed by atoms with van der Waals surface area (Å²) in [5.41, 5.74) is 1.07. The number of hydrogen-bond acceptors (Lipinski definition) is 4. The number of aromatic nitrogens is 1. The molecule has 146 valence electrons. The van der Waals surface area contributed by atoms with E-state index in [2.05, 4.69) is 4.90 Å². The van der Waals surface area contributed by atoms with Crippen molar-refractivity contribution in [1.29, 1.82) is 0 Å². The van der Waals surface area contributed by atoms with Crippen LogP contribution >= 0.6 is 0 Å². The Balaban J connectivity index is 1.50. The van der Waals surface area contributed by atoms with Gasteiger partial charge in [-0.2, -0.15) is 8.42 Å². The standard InChI is InChI=1S/C20H26N2O4S/c23-27(24,25)17-5-4-12-21-15-10-18(11-16-21)6-7-19-8-9-20(26-19)22-13-2-1-3-14-22/h6-11,15-16H,1-5,12-14,17H2/p+1.